The van der Waals surface area contributed by atoms with Gasteiger partial charge in [0.05, 0.1) is 13.0 Å². The molecular weight excluding hydrogens is 355 g/mol. The number of thiophene rings is 1. The van der Waals surface area contributed by atoms with Crippen molar-refractivity contribution < 1.29 is 31.1 Å². The molecule has 5 nitrogen and oxygen atoms in total. The molecule has 1 fully saturated rings. The third-order valence-corrected chi connectivity index (χ3v) is 6.77. The summed E-state index contributed by atoms with van der Waals surface area (Å²) in [5.74, 6) is -0.532. The van der Waals surface area contributed by atoms with E-state index in [4.69, 9.17) is 4.74 Å². The topological polar surface area (TPSA) is 63.7 Å². The second kappa shape index (κ2) is 6.78. The van der Waals surface area contributed by atoms with Crippen LogP contribution in [0.2, 0.25) is 0 Å². The number of carbonyl (C=O) groups is 1. The Balaban J connectivity index is 2.17. The van der Waals surface area contributed by atoms with E-state index in [9.17, 15) is 26.4 Å². The molecule has 1 saturated carbocycles. The number of ether oxygens (including phenoxy) is 1. The summed E-state index contributed by atoms with van der Waals surface area (Å²) in [5, 5.41) is 0. The standard InChI is InChI=1S/C13H16F3NO4S2/c1-2-21-11(18)7-8-17(9-3-4-9)23(19,20)12-6-5-10(22-12)13(14,15)16/h5-6,9H,2-4,7-8H2,1H3. The van der Waals surface area contributed by atoms with Crippen molar-refractivity contribution in [1.82, 2.24) is 4.31 Å². The molecule has 0 spiro atoms. The van der Waals surface area contributed by atoms with E-state index < -0.39 is 27.0 Å². The Hall–Kier alpha value is -1.13. The van der Waals surface area contributed by atoms with E-state index in [0.29, 0.717) is 12.8 Å². The minimum absolute atomic E-state index is 0.0922. The highest BCUT2D eigenvalue weighted by Crippen LogP contribution is 2.39. The summed E-state index contributed by atoms with van der Waals surface area (Å²) in [6, 6.07) is 1.46. The molecule has 0 radical (unpaired) electrons. The van der Waals surface area contributed by atoms with Crippen molar-refractivity contribution in [2.45, 2.75) is 42.6 Å². The SMILES string of the molecule is CCOC(=O)CCN(C1CC1)S(=O)(=O)c1ccc(C(F)(F)F)s1. The highest BCUT2D eigenvalue weighted by molar-refractivity contribution is 7.91. The minimum Gasteiger partial charge on any atom is -0.466 e. The predicted octanol–water partition coefficient (Wildman–Crippen LogP) is 2.87. The Kier molecular flexibility index (Phi) is 5.37. The fourth-order valence-electron chi connectivity index (χ4n) is 2.02. The van der Waals surface area contributed by atoms with Gasteiger partial charge in [-0.25, -0.2) is 8.42 Å². The Labute approximate surface area is 136 Å². The van der Waals surface area contributed by atoms with Crippen LogP contribution >= 0.6 is 11.3 Å². The summed E-state index contributed by atoms with van der Waals surface area (Å²) in [4.78, 5) is 10.4. The Bertz CT molecular complexity index is 665. The third kappa shape index (κ3) is 4.45. The third-order valence-electron chi connectivity index (χ3n) is 3.22. The molecule has 0 N–H and O–H groups in total. The van der Waals surface area contributed by atoms with E-state index in [1.807, 2.05) is 0 Å². The van der Waals surface area contributed by atoms with Crippen LogP contribution < -0.4 is 0 Å². The maximum atomic E-state index is 12.6. The minimum atomic E-state index is -4.58. The van der Waals surface area contributed by atoms with Crippen molar-refractivity contribution in [3.63, 3.8) is 0 Å². The van der Waals surface area contributed by atoms with Gasteiger partial charge in [-0.1, -0.05) is 0 Å². The first-order valence-electron chi connectivity index (χ1n) is 7.00. The lowest BCUT2D eigenvalue weighted by atomic mass is 10.4. The van der Waals surface area contributed by atoms with E-state index in [1.165, 1.54) is 0 Å². The Morgan fingerprint density at radius 2 is 2.04 bits per heavy atom. The maximum absolute atomic E-state index is 12.6. The van der Waals surface area contributed by atoms with Gasteiger partial charge in [-0.3, -0.25) is 4.79 Å². The zero-order valence-electron chi connectivity index (χ0n) is 12.3. The van der Waals surface area contributed by atoms with Crippen LogP contribution in [-0.2, 0) is 25.7 Å². The number of hydrogen-bond donors (Lipinski definition) is 0. The molecule has 0 amide bonds. The molecule has 2 rings (SSSR count). The second-order valence-electron chi connectivity index (χ2n) is 5.02. The van der Waals surface area contributed by atoms with E-state index in [-0.39, 0.29) is 41.2 Å². The van der Waals surface area contributed by atoms with Gasteiger partial charge in [-0.15, -0.1) is 11.3 Å². The summed E-state index contributed by atoms with van der Waals surface area (Å²) < 4.78 is 68.5. The number of esters is 1. The van der Waals surface area contributed by atoms with Crippen LogP contribution in [0.3, 0.4) is 0 Å². The molecule has 130 valence electrons. The quantitative estimate of drug-likeness (QED) is 0.692. The summed E-state index contributed by atoms with van der Waals surface area (Å²) >= 11 is 0.194. The van der Waals surface area contributed by atoms with E-state index in [2.05, 4.69) is 0 Å². The number of nitrogens with zero attached hydrogens (tertiary/aromatic N) is 1. The van der Waals surface area contributed by atoms with Crippen LogP contribution in [0.4, 0.5) is 13.2 Å². The van der Waals surface area contributed by atoms with E-state index >= 15 is 0 Å². The monoisotopic (exact) mass is 371 g/mol. The largest absolute Gasteiger partial charge is 0.466 e. The molecule has 1 aliphatic rings. The number of carbonyl (C=O) groups excluding carboxylic acids is 1. The fraction of sp³-hybridized carbons (Fsp3) is 0.615. The van der Waals surface area contributed by atoms with Crippen molar-refractivity contribution in [2.75, 3.05) is 13.2 Å². The molecule has 0 unspecified atom stereocenters. The molecule has 0 bridgehead atoms. The number of halogens is 3. The van der Waals surface area contributed by atoms with Gasteiger partial charge in [0.15, 0.2) is 0 Å². The smallest absolute Gasteiger partial charge is 0.425 e. The molecule has 1 aliphatic carbocycles. The summed E-state index contributed by atoms with van der Waals surface area (Å²) in [6.45, 7) is 1.73. The molecule has 1 heterocycles. The summed E-state index contributed by atoms with van der Waals surface area (Å²) in [5.41, 5.74) is 0. The van der Waals surface area contributed by atoms with Gasteiger partial charge < -0.3 is 4.74 Å². The zero-order valence-corrected chi connectivity index (χ0v) is 13.9. The van der Waals surface area contributed by atoms with Gasteiger partial charge in [0.2, 0.25) is 0 Å². The normalized spacial score (nSPS) is 15.9. The van der Waals surface area contributed by atoms with Gasteiger partial charge in [0.1, 0.15) is 9.09 Å². The van der Waals surface area contributed by atoms with Gasteiger partial charge in [0.25, 0.3) is 10.0 Å². The molecular formula is C13H16F3NO4S2. The lowest BCUT2D eigenvalue weighted by Gasteiger charge is -2.20. The average molecular weight is 371 g/mol. The number of rotatable bonds is 7. The van der Waals surface area contributed by atoms with Crippen molar-refractivity contribution in [1.29, 1.82) is 0 Å². The molecule has 1 aromatic rings. The van der Waals surface area contributed by atoms with Crippen molar-refractivity contribution in [2.24, 2.45) is 0 Å². The van der Waals surface area contributed by atoms with E-state index in [1.54, 1.807) is 6.92 Å². The predicted molar refractivity (Wildman–Crippen MR) is 77.5 cm³/mol. The second-order valence-corrected chi connectivity index (χ2v) is 8.22. The first-order valence-corrected chi connectivity index (χ1v) is 9.26. The molecule has 0 aliphatic heterocycles. The molecule has 0 aromatic carbocycles. The van der Waals surface area contributed by atoms with Crippen LogP contribution in [0.1, 0.15) is 31.1 Å². The van der Waals surface area contributed by atoms with Crippen molar-refractivity contribution in [3.8, 4) is 0 Å². The van der Waals surface area contributed by atoms with Crippen LogP contribution in [0.25, 0.3) is 0 Å². The Morgan fingerprint density at radius 3 is 2.52 bits per heavy atom. The number of alkyl halides is 3. The lowest BCUT2D eigenvalue weighted by Crippen LogP contribution is -2.34. The van der Waals surface area contributed by atoms with Gasteiger partial charge in [-0.05, 0) is 31.9 Å². The fourth-order valence-corrected chi connectivity index (χ4v) is 5.01. The van der Waals surface area contributed by atoms with Gasteiger partial charge in [-0.2, -0.15) is 17.5 Å². The lowest BCUT2D eigenvalue weighted by molar-refractivity contribution is -0.143. The van der Waals surface area contributed by atoms with Crippen molar-refractivity contribution >= 4 is 27.3 Å². The molecule has 1 aromatic heterocycles. The number of hydrogen-bond acceptors (Lipinski definition) is 5. The maximum Gasteiger partial charge on any atom is 0.425 e. The van der Waals surface area contributed by atoms with Crippen LogP contribution in [0.15, 0.2) is 16.3 Å². The van der Waals surface area contributed by atoms with Crippen molar-refractivity contribution in [3.05, 3.63) is 17.0 Å². The molecule has 10 heteroatoms. The van der Waals surface area contributed by atoms with E-state index in [0.717, 1.165) is 16.4 Å². The zero-order chi connectivity index (χ0) is 17.3. The molecule has 23 heavy (non-hydrogen) atoms. The van der Waals surface area contributed by atoms with Gasteiger partial charge in [0, 0.05) is 12.6 Å². The highest BCUT2D eigenvalue weighted by Gasteiger charge is 2.40. The summed E-state index contributed by atoms with van der Waals surface area (Å²) in [6.07, 6.45) is -3.42. The summed E-state index contributed by atoms with van der Waals surface area (Å²) in [7, 11) is -4.04. The first-order chi connectivity index (χ1) is 10.7. The van der Waals surface area contributed by atoms with Crippen LogP contribution in [-0.4, -0.2) is 37.9 Å². The first kappa shape index (κ1) is 18.2. The Morgan fingerprint density at radius 1 is 1.39 bits per heavy atom. The van der Waals surface area contributed by atoms with Gasteiger partial charge >= 0.3 is 12.1 Å². The van der Waals surface area contributed by atoms with Crippen LogP contribution in [0, 0.1) is 0 Å². The highest BCUT2D eigenvalue weighted by atomic mass is 32.2. The molecule has 0 atom stereocenters. The number of sulfonamides is 1. The average Bonchev–Trinajstić information content (AvgIpc) is 3.11. The molecule has 0 saturated heterocycles. The van der Waals surface area contributed by atoms with Crippen LogP contribution in [0.5, 0.6) is 0 Å².